The number of aromatic nitrogens is 1. The number of thiophene rings is 1. The van der Waals surface area contributed by atoms with Crippen LogP contribution in [-0.4, -0.2) is 78.4 Å². The van der Waals surface area contributed by atoms with E-state index < -0.39 is 5.97 Å². The van der Waals surface area contributed by atoms with Crippen LogP contribution in [0.1, 0.15) is 58.8 Å². The number of rotatable bonds is 12. The summed E-state index contributed by atoms with van der Waals surface area (Å²) in [7, 11) is 2.19. The van der Waals surface area contributed by atoms with E-state index in [9.17, 15) is 9.90 Å². The Morgan fingerprint density at radius 2 is 1.72 bits per heavy atom. The third kappa shape index (κ3) is 7.15. The van der Waals surface area contributed by atoms with Crippen LogP contribution in [-0.2, 0) is 17.9 Å². The molecule has 2 fully saturated rings. The van der Waals surface area contributed by atoms with Gasteiger partial charge in [-0.25, -0.2) is 4.79 Å². The van der Waals surface area contributed by atoms with Crippen molar-refractivity contribution in [1.82, 2.24) is 14.4 Å². The molecule has 2 aromatic carbocycles. The lowest BCUT2D eigenvalue weighted by atomic mass is 9.83. The number of hydrogen-bond donors (Lipinski definition) is 1. The molecular weight excluding hydrogens is 558 g/mol. The molecule has 0 amide bonds. The predicted octanol–water partition coefficient (Wildman–Crippen LogP) is 6.96. The zero-order chi connectivity index (χ0) is 29.6. The van der Waals surface area contributed by atoms with Crippen LogP contribution in [0, 0.1) is 0 Å². The van der Waals surface area contributed by atoms with Crippen LogP contribution in [0.2, 0.25) is 0 Å². The van der Waals surface area contributed by atoms with Crippen LogP contribution in [0.5, 0.6) is 5.75 Å². The number of carboxylic acids is 1. The Morgan fingerprint density at radius 1 is 1.00 bits per heavy atom. The molecule has 8 heteroatoms. The molecule has 2 aliphatic rings. The van der Waals surface area contributed by atoms with E-state index >= 15 is 0 Å². The van der Waals surface area contributed by atoms with Crippen molar-refractivity contribution in [3.05, 3.63) is 76.7 Å². The molecular formula is C35H43N3O4S. The third-order valence-electron chi connectivity index (χ3n) is 8.98. The maximum absolute atomic E-state index is 12.1. The number of aromatic carboxylic acids is 1. The van der Waals surface area contributed by atoms with Gasteiger partial charge in [0, 0.05) is 39.3 Å². The Balaban J connectivity index is 1.30. The normalized spacial score (nSPS) is 16.7. The summed E-state index contributed by atoms with van der Waals surface area (Å²) in [6, 6.07) is 20.7. The van der Waals surface area contributed by atoms with Crippen LogP contribution >= 0.6 is 11.3 Å². The van der Waals surface area contributed by atoms with Crippen molar-refractivity contribution in [2.75, 3.05) is 53.0 Å². The average molecular weight is 602 g/mol. The first kappa shape index (κ1) is 29.9. The molecule has 1 saturated carbocycles. The molecule has 0 atom stereocenters. The molecule has 2 aromatic heterocycles. The van der Waals surface area contributed by atoms with Crippen LogP contribution in [0.4, 0.5) is 0 Å². The summed E-state index contributed by atoms with van der Waals surface area (Å²) in [5, 5.41) is 9.92. The second-order valence-electron chi connectivity index (χ2n) is 11.9. The first-order chi connectivity index (χ1) is 21.1. The summed E-state index contributed by atoms with van der Waals surface area (Å²) in [4.78, 5) is 17.4. The van der Waals surface area contributed by atoms with Gasteiger partial charge in [-0.05, 0) is 72.8 Å². The zero-order valence-corrected chi connectivity index (χ0v) is 26.0. The number of benzene rings is 2. The van der Waals surface area contributed by atoms with Crippen molar-refractivity contribution in [2.24, 2.45) is 0 Å². The fourth-order valence-electron chi connectivity index (χ4n) is 6.54. The Hall–Kier alpha value is -3.17. The lowest BCUT2D eigenvalue weighted by Gasteiger charge is -2.29. The van der Waals surface area contributed by atoms with Gasteiger partial charge >= 0.3 is 5.97 Å². The van der Waals surface area contributed by atoms with Gasteiger partial charge < -0.3 is 24.0 Å². The smallest absolute Gasteiger partial charge is 0.345 e. The number of likely N-dealkylation sites (N-methyl/N-ethyl adjacent to an activating group) is 1. The molecule has 7 nitrogen and oxygen atoms in total. The number of hydrogen-bond acceptors (Lipinski definition) is 6. The highest BCUT2D eigenvalue weighted by molar-refractivity contribution is 7.21. The summed E-state index contributed by atoms with van der Waals surface area (Å²) in [5.74, 6) is 0.454. The summed E-state index contributed by atoms with van der Waals surface area (Å²) < 4.78 is 15.2. The van der Waals surface area contributed by atoms with Crippen molar-refractivity contribution in [3.63, 3.8) is 0 Å². The van der Waals surface area contributed by atoms with Crippen LogP contribution < -0.4 is 4.74 Å². The number of carbonyl (C=O) groups is 1. The van der Waals surface area contributed by atoms with Gasteiger partial charge in [-0.1, -0.05) is 49.6 Å². The highest BCUT2D eigenvalue weighted by Gasteiger charge is 2.29. The minimum absolute atomic E-state index is 0.424. The fraction of sp³-hybridized carbons (Fsp3) is 0.457. The minimum Gasteiger partial charge on any atom is -0.489 e. The highest BCUT2D eigenvalue weighted by Crippen LogP contribution is 2.47. The van der Waals surface area contributed by atoms with Gasteiger partial charge in [-0.2, -0.15) is 0 Å². The first-order valence-electron chi connectivity index (χ1n) is 15.7. The summed E-state index contributed by atoms with van der Waals surface area (Å²) in [5.41, 5.74) is 5.97. The molecule has 1 saturated heterocycles. The van der Waals surface area contributed by atoms with E-state index in [1.165, 1.54) is 47.4 Å². The molecule has 6 rings (SSSR count). The molecule has 0 spiro atoms. The standard InChI is InChI=1S/C35H43N3O4S/c1-36(16-18-37-20-22-41-23-21-37)17-19-38-30-24-31(35(39)40)43-34(30)32(27-10-6-3-7-11-27)33(38)28-12-14-29(15-13-28)42-25-26-8-4-2-5-9-26/h2,4-5,8-9,12-15,24,27H,3,6-7,10-11,16-23,25H2,1H3,(H,39,40). The Labute approximate surface area is 258 Å². The number of fused-ring (bicyclic) bond motifs is 1. The highest BCUT2D eigenvalue weighted by atomic mass is 32.1. The molecule has 1 aliphatic carbocycles. The Kier molecular flexibility index (Phi) is 9.78. The lowest BCUT2D eigenvalue weighted by Crippen LogP contribution is -2.41. The van der Waals surface area contributed by atoms with Gasteiger partial charge in [0.1, 0.15) is 17.2 Å². The maximum atomic E-state index is 12.1. The molecule has 0 radical (unpaired) electrons. The summed E-state index contributed by atoms with van der Waals surface area (Å²) in [6.45, 7) is 7.89. The fourth-order valence-corrected chi connectivity index (χ4v) is 7.66. The van der Waals surface area contributed by atoms with Crippen molar-refractivity contribution < 1.29 is 19.4 Å². The third-order valence-corrected chi connectivity index (χ3v) is 10.1. The quantitative estimate of drug-likeness (QED) is 0.189. The molecule has 0 unspecified atom stereocenters. The first-order valence-corrected chi connectivity index (χ1v) is 16.5. The molecule has 43 heavy (non-hydrogen) atoms. The van der Waals surface area contributed by atoms with Gasteiger partial charge in [-0.3, -0.25) is 4.90 Å². The van der Waals surface area contributed by atoms with Gasteiger partial charge in [0.2, 0.25) is 0 Å². The minimum atomic E-state index is -0.841. The Morgan fingerprint density at radius 3 is 2.44 bits per heavy atom. The van der Waals surface area contributed by atoms with Crippen LogP contribution in [0.15, 0.2) is 60.7 Å². The Bertz CT molecular complexity index is 1490. The second kappa shape index (κ2) is 14.1. The predicted molar refractivity (Wildman–Crippen MR) is 174 cm³/mol. The molecule has 228 valence electrons. The van der Waals surface area contributed by atoms with E-state index in [1.54, 1.807) is 0 Å². The molecule has 3 heterocycles. The SMILES string of the molecule is CN(CCN1CCOCC1)CCn1c(-c2ccc(OCc3ccccc3)cc2)c(C2CCCCC2)c2sc(C(=O)O)cc21. The van der Waals surface area contributed by atoms with E-state index in [0.29, 0.717) is 17.4 Å². The van der Waals surface area contributed by atoms with Crippen molar-refractivity contribution >= 4 is 27.5 Å². The number of morpholine rings is 1. The molecule has 4 aromatic rings. The molecule has 1 N–H and O–H groups in total. The van der Waals surface area contributed by atoms with Crippen molar-refractivity contribution in [3.8, 4) is 17.0 Å². The lowest BCUT2D eigenvalue weighted by molar-refractivity contribution is 0.0344. The molecule has 0 bridgehead atoms. The molecule has 1 aliphatic heterocycles. The van der Waals surface area contributed by atoms with E-state index in [4.69, 9.17) is 9.47 Å². The van der Waals surface area contributed by atoms with Crippen molar-refractivity contribution in [2.45, 2.75) is 51.2 Å². The average Bonchev–Trinajstić information content (AvgIpc) is 3.61. The largest absolute Gasteiger partial charge is 0.489 e. The summed E-state index contributed by atoms with van der Waals surface area (Å²) in [6.07, 6.45) is 6.05. The number of carboxylic acid groups (broad SMARTS) is 1. The second-order valence-corrected chi connectivity index (χ2v) is 13.0. The number of nitrogens with zero attached hydrogens (tertiary/aromatic N) is 3. The number of ether oxygens (including phenoxy) is 2. The van der Waals surface area contributed by atoms with E-state index in [0.717, 1.165) is 86.9 Å². The van der Waals surface area contributed by atoms with E-state index in [2.05, 4.69) is 57.8 Å². The van der Waals surface area contributed by atoms with Gasteiger partial charge in [0.25, 0.3) is 0 Å². The van der Waals surface area contributed by atoms with Gasteiger partial charge in [0.15, 0.2) is 0 Å². The van der Waals surface area contributed by atoms with Gasteiger partial charge in [0.05, 0.1) is 29.1 Å². The van der Waals surface area contributed by atoms with Crippen LogP contribution in [0.25, 0.3) is 21.5 Å². The maximum Gasteiger partial charge on any atom is 0.345 e. The van der Waals surface area contributed by atoms with Crippen molar-refractivity contribution in [1.29, 1.82) is 0 Å². The van der Waals surface area contributed by atoms with Crippen LogP contribution in [0.3, 0.4) is 0 Å². The topological polar surface area (TPSA) is 67.2 Å². The zero-order valence-electron chi connectivity index (χ0n) is 25.2. The van der Waals surface area contributed by atoms with Gasteiger partial charge in [-0.15, -0.1) is 11.3 Å². The monoisotopic (exact) mass is 601 g/mol. The van der Waals surface area contributed by atoms with E-state index in [-0.39, 0.29) is 0 Å². The summed E-state index contributed by atoms with van der Waals surface area (Å²) >= 11 is 1.45. The van der Waals surface area contributed by atoms with E-state index in [1.807, 2.05) is 24.3 Å².